The summed E-state index contributed by atoms with van der Waals surface area (Å²) in [7, 11) is 5.19. The Kier molecular flexibility index (Phi) is 7.85. The molecule has 0 aliphatic carbocycles. The molecule has 1 spiro atoms. The summed E-state index contributed by atoms with van der Waals surface area (Å²) in [6.07, 6.45) is 9.03. The number of ether oxygens (including phenoxy) is 2. The predicted octanol–water partition coefficient (Wildman–Crippen LogP) is 4.22. The maximum Gasteiger partial charge on any atom is 0.325 e. The third-order valence-corrected chi connectivity index (χ3v) is 7.95. The summed E-state index contributed by atoms with van der Waals surface area (Å²) in [5.74, 6) is 1.55. The number of rotatable bonds is 6. The van der Waals surface area contributed by atoms with E-state index in [0.29, 0.717) is 26.2 Å². The minimum absolute atomic E-state index is 0.0245. The number of hydrogen-bond acceptors (Lipinski definition) is 5. The molecular formula is C29H40N4O4. The number of piperidine rings is 1. The van der Waals surface area contributed by atoms with Crippen molar-refractivity contribution < 1.29 is 19.1 Å². The van der Waals surface area contributed by atoms with Gasteiger partial charge >= 0.3 is 6.03 Å². The summed E-state index contributed by atoms with van der Waals surface area (Å²) >= 11 is 0. The van der Waals surface area contributed by atoms with Gasteiger partial charge in [-0.15, -0.1) is 0 Å². The van der Waals surface area contributed by atoms with Crippen molar-refractivity contribution in [1.29, 1.82) is 0 Å². The second kappa shape index (κ2) is 10.9. The first-order valence-electron chi connectivity index (χ1n) is 13.1. The minimum atomic E-state index is -0.384. The van der Waals surface area contributed by atoms with Crippen LogP contribution in [0.25, 0.3) is 0 Å². The van der Waals surface area contributed by atoms with Crippen molar-refractivity contribution in [1.82, 2.24) is 20.0 Å². The lowest BCUT2D eigenvalue weighted by Gasteiger charge is -2.44. The van der Waals surface area contributed by atoms with Crippen LogP contribution >= 0.6 is 0 Å². The second-order valence-corrected chi connectivity index (χ2v) is 10.0. The van der Waals surface area contributed by atoms with Crippen molar-refractivity contribution in [3.8, 4) is 11.5 Å². The van der Waals surface area contributed by atoms with Gasteiger partial charge in [0, 0.05) is 50.2 Å². The van der Waals surface area contributed by atoms with Crippen molar-refractivity contribution >= 4 is 11.9 Å². The number of likely N-dealkylation sites (N-methyl/N-ethyl adjacent to an activating group) is 1. The number of fused-ring (bicyclic) bond motifs is 3. The molecule has 1 aromatic carbocycles. The van der Waals surface area contributed by atoms with E-state index < -0.39 is 0 Å². The zero-order valence-corrected chi connectivity index (χ0v) is 23.0. The monoisotopic (exact) mass is 508 g/mol. The minimum Gasteiger partial charge on any atom is -0.497 e. The molecule has 4 rings (SSSR count). The maximum absolute atomic E-state index is 13.8. The third kappa shape index (κ3) is 4.93. The van der Waals surface area contributed by atoms with E-state index in [2.05, 4.69) is 11.4 Å². The Bertz CT molecular complexity index is 1140. The molecule has 2 saturated heterocycles. The van der Waals surface area contributed by atoms with Crippen molar-refractivity contribution in [2.45, 2.75) is 58.5 Å². The number of amides is 3. The van der Waals surface area contributed by atoms with Crippen molar-refractivity contribution in [3.05, 3.63) is 58.5 Å². The van der Waals surface area contributed by atoms with Crippen LogP contribution < -0.4 is 14.8 Å². The lowest BCUT2D eigenvalue weighted by molar-refractivity contribution is -0.128. The van der Waals surface area contributed by atoms with Gasteiger partial charge in [0.1, 0.15) is 11.5 Å². The van der Waals surface area contributed by atoms with Crippen LogP contribution in [-0.2, 0) is 17.8 Å². The zero-order chi connectivity index (χ0) is 26.7. The van der Waals surface area contributed by atoms with Crippen LogP contribution in [0, 0.1) is 0 Å². The molecule has 3 amide bonds. The Morgan fingerprint density at radius 2 is 1.86 bits per heavy atom. The van der Waals surface area contributed by atoms with Crippen LogP contribution in [0.1, 0.15) is 51.2 Å². The average molecular weight is 509 g/mol. The molecule has 3 aliphatic heterocycles. The number of nitrogens with one attached hydrogen (secondary N) is 1. The molecule has 0 aromatic heterocycles. The highest BCUT2D eigenvalue weighted by Gasteiger charge is 2.54. The molecule has 2 fully saturated rings. The van der Waals surface area contributed by atoms with Crippen LogP contribution in [0.5, 0.6) is 11.5 Å². The average Bonchev–Trinajstić information content (AvgIpc) is 3.08. The van der Waals surface area contributed by atoms with Crippen LogP contribution in [0.4, 0.5) is 4.79 Å². The van der Waals surface area contributed by atoms with Crippen molar-refractivity contribution in [2.75, 3.05) is 40.9 Å². The molecular weight excluding hydrogens is 468 g/mol. The summed E-state index contributed by atoms with van der Waals surface area (Å²) in [6, 6.07) is 3.97. The van der Waals surface area contributed by atoms with Crippen molar-refractivity contribution in [2.24, 2.45) is 0 Å². The van der Waals surface area contributed by atoms with Gasteiger partial charge in [-0.1, -0.05) is 6.08 Å². The number of carbonyl (C=O) groups excluding carboxylic acids is 2. The smallest absolute Gasteiger partial charge is 0.325 e. The fourth-order valence-electron chi connectivity index (χ4n) is 6.00. The molecule has 0 bridgehead atoms. The lowest BCUT2D eigenvalue weighted by Crippen LogP contribution is -2.54. The van der Waals surface area contributed by atoms with Gasteiger partial charge in [-0.3, -0.25) is 9.69 Å². The number of urea groups is 1. The van der Waals surface area contributed by atoms with E-state index in [4.69, 9.17) is 9.47 Å². The Morgan fingerprint density at radius 3 is 2.49 bits per heavy atom. The molecule has 3 aliphatic rings. The summed E-state index contributed by atoms with van der Waals surface area (Å²) in [5.41, 5.74) is 4.81. The van der Waals surface area contributed by atoms with E-state index in [1.54, 1.807) is 20.3 Å². The van der Waals surface area contributed by atoms with Crippen LogP contribution in [-0.4, -0.2) is 73.1 Å². The van der Waals surface area contributed by atoms with Gasteiger partial charge in [0.05, 0.1) is 26.3 Å². The van der Waals surface area contributed by atoms with Gasteiger partial charge in [0.25, 0.3) is 0 Å². The fraction of sp³-hybridized carbons (Fsp3) is 0.517. The SMILES string of the molecule is CCN1C(=O)N2Cc3cc(OC)cc(OC)c3CC/C=C\2C12CCN(C(=O)/C=C(C)/C=C(/C)NC)CC2. The Labute approximate surface area is 220 Å². The molecule has 8 nitrogen and oxygen atoms in total. The van der Waals surface area contributed by atoms with Gasteiger partial charge in [-0.2, -0.15) is 0 Å². The van der Waals surface area contributed by atoms with Crippen LogP contribution in [0.2, 0.25) is 0 Å². The van der Waals surface area contributed by atoms with E-state index in [1.165, 1.54) is 0 Å². The number of likely N-dealkylation sites (tertiary alicyclic amines) is 1. The zero-order valence-electron chi connectivity index (χ0n) is 23.0. The Morgan fingerprint density at radius 1 is 1.14 bits per heavy atom. The summed E-state index contributed by atoms with van der Waals surface area (Å²) in [5, 5.41) is 3.09. The van der Waals surface area contributed by atoms with E-state index in [9.17, 15) is 9.59 Å². The summed E-state index contributed by atoms with van der Waals surface area (Å²) < 4.78 is 11.2. The first-order chi connectivity index (χ1) is 17.8. The van der Waals surface area contributed by atoms with Crippen LogP contribution in [0.15, 0.2) is 47.3 Å². The van der Waals surface area contributed by atoms with E-state index in [-0.39, 0.29) is 17.5 Å². The summed E-state index contributed by atoms with van der Waals surface area (Å²) in [4.78, 5) is 32.6. The summed E-state index contributed by atoms with van der Waals surface area (Å²) in [6.45, 7) is 8.30. The molecule has 8 heteroatoms. The van der Waals surface area contributed by atoms with Crippen LogP contribution in [0.3, 0.4) is 0 Å². The van der Waals surface area contributed by atoms with Gasteiger partial charge < -0.3 is 24.6 Å². The largest absolute Gasteiger partial charge is 0.497 e. The lowest BCUT2D eigenvalue weighted by atomic mass is 9.82. The number of carbonyl (C=O) groups is 2. The molecule has 1 aromatic rings. The molecule has 0 radical (unpaired) electrons. The number of methoxy groups -OCH3 is 2. The molecule has 0 unspecified atom stereocenters. The van der Waals surface area contributed by atoms with Gasteiger partial charge in [-0.25, -0.2) is 4.79 Å². The number of allylic oxidation sites excluding steroid dienone is 4. The molecule has 200 valence electrons. The highest BCUT2D eigenvalue weighted by atomic mass is 16.5. The first-order valence-corrected chi connectivity index (χ1v) is 13.1. The predicted molar refractivity (Wildman–Crippen MR) is 144 cm³/mol. The highest BCUT2D eigenvalue weighted by molar-refractivity contribution is 5.89. The highest BCUT2D eigenvalue weighted by Crippen LogP contribution is 2.46. The molecule has 37 heavy (non-hydrogen) atoms. The normalized spacial score (nSPS) is 21.1. The molecule has 1 N–H and O–H groups in total. The van der Waals surface area contributed by atoms with Gasteiger partial charge in [0.15, 0.2) is 0 Å². The standard InChI is InChI=1S/C29H40N4O4/c1-7-33-28(35)32-19-22-17-23(36-5)18-25(37-6)24(22)9-8-10-26(32)29(33)11-13-31(14-12-29)27(34)16-20(2)15-21(3)30-4/h10,15-18,30H,7-9,11-14,19H2,1-6H3/b20-16+,21-15-,26-10-. The molecule has 3 heterocycles. The van der Waals surface area contributed by atoms with Gasteiger partial charge in [0.2, 0.25) is 5.91 Å². The number of hydrogen-bond donors (Lipinski definition) is 1. The first kappa shape index (κ1) is 26.6. The fourth-order valence-corrected chi connectivity index (χ4v) is 6.00. The molecule has 0 atom stereocenters. The molecule has 0 saturated carbocycles. The van der Waals surface area contributed by atoms with Crippen molar-refractivity contribution in [3.63, 3.8) is 0 Å². The number of nitrogens with zero attached hydrogens (tertiary/aromatic N) is 3. The van der Waals surface area contributed by atoms with E-state index in [0.717, 1.165) is 65.3 Å². The van der Waals surface area contributed by atoms with E-state index in [1.807, 2.05) is 60.7 Å². The maximum atomic E-state index is 13.8. The third-order valence-electron chi connectivity index (χ3n) is 7.95. The number of benzene rings is 1. The quantitative estimate of drug-likeness (QED) is 0.460. The Balaban J connectivity index is 1.60. The Hall–Kier alpha value is -3.42. The topological polar surface area (TPSA) is 74.4 Å². The second-order valence-electron chi connectivity index (χ2n) is 10.0. The van der Waals surface area contributed by atoms with Gasteiger partial charge in [-0.05, 0) is 75.3 Å². The van der Waals surface area contributed by atoms with E-state index >= 15 is 0 Å².